The van der Waals surface area contributed by atoms with Crippen molar-refractivity contribution in [1.82, 2.24) is 9.88 Å². The van der Waals surface area contributed by atoms with Crippen molar-refractivity contribution in [1.29, 1.82) is 0 Å². The van der Waals surface area contributed by atoms with Crippen molar-refractivity contribution < 1.29 is 5.11 Å². The van der Waals surface area contributed by atoms with Crippen LogP contribution in [0, 0.1) is 18.8 Å². The van der Waals surface area contributed by atoms with Gasteiger partial charge < -0.3 is 10.0 Å². The molecule has 3 unspecified atom stereocenters. The predicted octanol–water partition coefficient (Wildman–Crippen LogP) is 3.40. The van der Waals surface area contributed by atoms with Crippen LogP contribution in [0.1, 0.15) is 50.4 Å². The molecule has 0 spiro atoms. The van der Waals surface area contributed by atoms with Crippen LogP contribution >= 0.6 is 0 Å². The van der Waals surface area contributed by atoms with Crippen molar-refractivity contribution in [2.24, 2.45) is 11.8 Å². The van der Waals surface area contributed by atoms with Crippen molar-refractivity contribution in [3.63, 3.8) is 0 Å². The minimum Gasteiger partial charge on any atom is -0.393 e. The summed E-state index contributed by atoms with van der Waals surface area (Å²) in [4.78, 5) is 6.88. The average molecular weight is 290 g/mol. The minimum atomic E-state index is -0.119. The minimum absolute atomic E-state index is 0.119. The summed E-state index contributed by atoms with van der Waals surface area (Å²) in [5.74, 6) is 1.24. The molecule has 3 nitrogen and oxygen atoms in total. The van der Waals surface area contributed by atoms with Crippen LogP contribution in [-0.2, 0) is 6.54 Å². The van der Waals surface area contributed by atoms with E-state index in [0.717, 1.165) is 36.8 Å². The number of nitrogens with zero attached hydrogens (tertiary/aromatic N) is 2. The van der Waals surface area contributed by atoms with Gasteiger partial charge in [0, 0.05) is 18.8 Å². The van der Waals surface area contributed by atoms with Gasteiger partial charge in [-0.3, -0.25) is 4.98 Å². The maximum absolute atomic E-state index is 10.3. The molecule has 0 amide bonds. The zero-order chi connectivity index (χ0) is 15.2. The molecule has 1 aliphatic carbocycles. The first-order valence-electron chi connectivity index (χ1n) is 8.37. The van der Waals surface area contributed by atoms with E-state index in [0.29, 0.717) is 5.92 Å². The summed E-state index contributed by atoms with van der Waals surface area (Å²) in [5.41, 5.74) is 2.19. The molecule has 0 bridgehead atoms. The van der Waals surface area contributed by atoms with Gasteiger partial charge in [0.2, 0.25) is 0 Å². The zero-order valence-electron chi connectivity index (χ0n) is 13.8. The molecule has 118 valence electrons. The predicted molar refractivity (Wildman–Crippen MR) is 87.1 cm³/mol. The van der Waals surface area contributed by atoms with Gasteiger partial charge in [0.15, 0.2) is 0 Å². The molecule has 1 N–H and O–H groups in total. The maximum Gasteiger partial charge on any atom is 0.0580 e. The van der Waals surface area contributed by atoms with E-state index in [1.54, 1.807) is 0 Å². The van der Waals surface area contributed by atoms with Gasteiger partial charge in [-0.05, 0) is 57.2 Å². The number of aliphatic hydroxyl groups is 1. The van der Waals surface area contributed by atoms with Gasteiger partial charge in [-0.2, -0.15) is 0 Å². The molecule has 0 aliphatic heterocycles. The molecule has 0 aromatic carbocycles. The van der Waals surface area contributed by atoms with Crippen LogP contribution in [0.15, 0.2) is 18.2 Å². The summed E-state index contributed by atoms with van der Waals surface area (Å²) in [7, 11) is 2.14. The van der Waals surface area contributed by atoms with Crippen LogP contribution < -0.4 is 0 Å². The molecule has 3 atom stereocenters. The van der Waals surface area contributed by atoms with Gasteiger partial charge in [-0.25, -0.2) is 0 Å². The van der Waals surface area contributed by atoms with Gasteiger partial charge in [0.1, 0.15) is 0 Å². The summed E-state index contributed by atoms with van der Waals surface area (Å²) in [6.07, 6.45) is 5.82. The van der Waals surface area contributed by atoms with E-state index in [1.807, 2.05) is 13.0 Å². The third-order valence-corrected chi connectivity index (χ3v) is 4.67. The number of rotatable bonds is 6. The standard InChI is InChI=1S/C18H30N2O/c1-4-6-15-9-10-18(21)16(11-15)12-20(3)13-17-8-5-7-14(2)19-17/h5,7-8,15-16,18,21H,4,6,9-13H2,1-3H3. The smallest absolute Gasteiger partial charge is 0.0580 e. The quantitative estimate of drug-likeness (QED) is 0.872. The lowest BCUT2D eigenvalue weighted by molar-refractivity contribution is 0.0286. The zero-order valence-corrected chi connectivity index (χ0v) is 13.8. The number of hydrogen-bond donors (Lipinski definition) is 1. The normalized spacial score (nSPS) is 26.2. The van der Waals surface area contributed by atoms with E-state index in [1.165, 1.54) is 25.7 Å². The number of aryl methyl sites for hydroxylation is 1. The summed E-state index contributed by atoms with van der Waals surface area (Å²) >= 11 is 0. The van der Waals surface area contributed by atoms with Crippen LogP contribution in [0.4, 0.5) is 0 Å². The molecule has 1 saturated carbocycles. The van der Waals surface area contributed by atoms with E-state index in [9.17, 15) is 5.11 Å². The Labute approximate surface area is 129 Å². The van der Waals surface area contributed by atoms with Crippen molar-refractivity contribution in [3.05, 3.63) is 29.6 Å². The summed E-state index contributed by atoms with van der Waals surface area (Å²) in [6.45, 7) is 6.12. The SMILES string of the molecule is CCCC1CCC(O)C(CN(C)Cc2cccc(C)n2)C1. The van der Waals surface area contributed by atoms with E-state index in [-0.39, 0.29) is 6.10 Å². The molecule has 1 aliphatic rings. The highest BCUT2D eigenvalue weighted by molar-refractivity contribution is 5.09. The molecular formula is C18H30N2O. The van der Waals surface area contributed by atoms with Crippen molar-refractivity contribution in [3.8, 4) is 0 Å². The van der Waals surface area contributed by atoms with Gasteiger partial charge >= 0.3 is 0 Å². The van der Waals surface area contributed by atoms with Crippen LogP contribution in [0.5, 0.6) is 0 Å². The highest BCUT2D eigenvalue weighted by atomic mass is 16.3. The lowest BCUT2D eigenvalue weighted by Crippen LogP contribution is -2.37. The number of aliphatic hydroxyl groups excluding tert-OH is 1. The third kappa shape index (κ3) is 5.08. The Balaban J connectivity index is 1.87. The van der Waals surface area contributed by atoms with Crippen LogP contribution in [0.25, 0.3) is 0 Å². The van der Waals surface area contributed by atoms with E-state index >= 15 is 0 Å². The maximum atomic E-state index is 10.3. The molecule has 21 heavy (non-hydrogen) atoms. The first-order chi connectivity index (χ1) is 10.1. The largest absolute Gasteiger partial charge is 0.393 e. The van der Waals surface area contributed by atoms with E-state index in [2.05, 4.69) is 36.0 Å². The second kappa shape index (κ2) is 7.90. The lowest BCUT2D eigenvalue weighted by Gasteiger charge is -2.35. The molecular weight excluding hydrogens is 260 g/mol. The summed E-state index contributed by atoms with van der Waals surface area (Å²) < 4.78 is 0. The van der Waals surface area contributed by atoms with Crippen LogP contribution in [-0.4, -0.2) is 34.7 Å². The molecule has 0 radical (unpaired) electrons. The fraction of sp³-hybridized carbons (Fsp3) is 0.722. The van der Waals surface area contributed by atoms with Crippen LogP contribution in [0.2, 0.25) is 0 Å². The number of aromatic nitrogens is 1. The molecule has 1 aromatic rings. The average Bonchev–Trinajstić information content (AvgIpc) is 2.43. The fourth-order valence-corrected chi connectivity index (χ4v) is 3.64. The second-order valence-corrected chi connectivity index (χ2v) is 6.76. The molecule has 1 heterocycles. The fourth-order valence-electron chi connectivity index (χ4n) is 3.64. The monoisotopic (exact) mass is 290 g/mol. The van der Waals surface area contributed by atoms with E-state index < -0.39 is 0 Å². The summed E-state index contributed by atoms with van der Waals surface area (Å²) in [5, 5.41) is 10.3. The second-order valence-electron chi connectivity index (χ2n) is 6.76. The molecule has 1 aromatic heterocycles. The van der Waals surface area contributed by atoms with Crippen molar-refractivity contribution in [2.45, 2.75) is 58.6 Å². The first-order valence-corrected chi connectivity index (χ1v) is 8.37. The Morgan fingerprint density at radius 2 is 2.14 bits per heavy atom. The third-order valence-electron chi connectivity index (χ3n) is 4.67. The number of pyridine rings is 1. The number of hydrogen-bond acceptors (Lipinski definition) is 3. The molecule has 0 saturated heterocycles. The molecule has 1 fully saturated rings. The Morgan fingerprint density at radius 3 is 2.86 bits per heavy atom. The van der Waals surface area contributed by atoms with Crippen LogP contribution in [0.3, 0.4) is 0 Å². The molecule has 3 heteroatoms. The van der Waals surface area contributed by atoms with Crippen molar-refractivity contribution >= 4 is 0 Å². The first kappa shape index (κ1) is 16.4. The Kier molecular flexibility index (Phi) is 6.19. The van der Waals surface area contributed by atoms with Gasteiger partial charge in [0.25, 0.3) is 0 Å². The Hall–Kier alpha value is -0.930. The summed E-state index contributed by atoms with van der Waals surface area (Å²) in [6, 6.07) is 6.18. The lowest BCUT2D eigenvalue weighted by atomic mass is 9.77. The highest BCUT2D eigenvalue weighted by Gasteiger charge is 2.29. The van der Waals surface area contributed by atoms with E-state index in [4.69, 9.17) is 0 Å². The topological polar surface area (TPSA) is 36.4 Å². The van der Waals surface area contributed by atoms with Crippen molar-refractivity contribution in [2.75, 3.05) is 13.6 Å². The van der Waals surface area contributed by atoms with Gasteiger partial charge in [-0.1, -0.05) is 25.8 Å². The van der Waals surface area contributed by atoms with Gasteiger partial charge in [0.05, 0.1) is 11.8 Å². The molecule has 2 rings (SSSR count). The highest BCUT2D eigenvalue weighted by Crippen LogP contribution is 2.32. The Morgan fingerprint density at radius 1 is 1.33 bits per heavy atom. The Bertz CT molecular complexity index is 435. The van der Waals surface area contributed by atoms with Gasteiger partial charge in [-0.15, -0.1) is 0 Å².